The summed E-state index contributed by atoms with van der Waals surface area (Å²) >= 11 is 0. The van der Waals surface area contributed by atoms with Gasteiger partial charge < -0.3 is 14.2 Å². The summed E-state index contributed by atoms with van der Waals surface area (Å²) in [5.41, 5.74) is 0. The molecule has 0 rings (SSSR count). The number of rotatable bonds is 51. The van der Waals surface area contributed by atoms with Gasteiger partial charge in [0.2, 0.25) is 0 Å². The van der Waals surface area contributed by atoms with Crippen LogP contribution in [-0.2, 0) is 28.6 Å². The van der Waals surface area contributed by atoms with Crippen LogP contribution in [0.5, 0.6) is 0 Å². The molecule has 0 saturated heterocycles. The van der Waals surface area contributed by atoms with Crippen molar-refractivity contribution in [3.05, 3.63) is 122 Å². The van der Waals surface area contributed by atoms with Crippen molar-refractivity contribution in [2.24, 2.45) is 0 Å². The largest absolute Gasteiger partial charge is 0.462 e. The van der Waals surface area contributed by atoms with E-state index in [0.717, 1.165) is 141 Å². The predicted molar refractivity (Wildman–Crippen MR) is 306 cm³/mol. The van der Waals surface area contributed by atoms with E-state index in [-0.39, 0.29) is 31.1 Å². The lowest BCUT2D eigenvalue weighted by Crippen LogP contribution is -2.30. The quantitative estimate of drug-likeness (QED) is 0.0261. The summed E-state index contributed by atoms with van der Waals surface area (Å²) in [6.45, 7) is 6.36. The molecule has 6 nitrogen and oxygen atoms in total. The summed E-state index contributed by atoms with van der Waals surface area (Å²) in [5, 5.41) is 0. The number of esters is 3. The Bertz CT molecular complexity index is 1500. The molecule has 0 spiro atoms. The van der Waals surface area contributed by atoms with Crippen LogP contribution in [-0.4, -0.2) is 37.2 Å². The van der Waals surface area contributed by atoms with Crippen LogP contribution in [0.25, 0.3) is 0 Å². The van der Waals surface area contributed by atoms with E-state index in [2.05, 4.69) is 142 Å². The lowest BCUT2D eigenvalue weighted by atomic mass is 10.1. The van der Waals surface area contributed by atoms with E-state index in [4.69, 9.17) is 14.2 Å². The number of unbranched alkanes of at least 4 members (excludes halogenated alkanes) is 20. The van der Waals surface area contributed by atoms with Crippen molar-refractivity contribution in [2.75, 3.05) is 13.2 Å². The van der Waals surface area contributed by atoms with Crippen molar-refractivity contribution in [1.82, 2.24) is 0 Å². The molecule has 0 bridgehead atoms. The molecule has 0 heterocycles. The molecular formula is C65H106O6. The van der Waals surface area contributed by atoms with Crippen LogP contribution in [0.15, 0.2) is 122 Å². The monoisotopic (exact) mass is 983 g/mol. The first-order valence-electron chi connectivity index (χ1n) is 29.0. The Morgan fingerprint density at radius 1 is 0.296 bits per heavy atom. The highest BCUT2D eigenvalue weighted by Gasteiger charge is 2.19. The Morgan fingerprint density at radius 3 is 0.859 bits per heavy atom. The van der Waals surface area contributed by atoms with Crippen LogP contribution in [0.4, 0.5) is 0 Å². The van der Waals surface area contributed by atoms with Crippen LogP contribution in [0, 0.1) is 0 Å². The molecule has 402 valence electrons. The fourth-order valence-corrected chi connectivity index (χ4v) is 7.67. The second-order valence-corrected chi connectivity index (χ2v) is 18.8. The van der Waals surface area contributed by atoms with Gasteiger partial charge in [0, 0.05) is 19.3 Å². The van der Waals surface area contributed by atoms with Gasteiger partial charge in [0.05, 0.1) is 0 Å². The molecule has 0 aliphatic carbocycles. The van der Waals surface area contributed by atoms with E-state index in [1.54, 1.807) is 0 Å². The van der Waals surface area contributed by atoms with E-state index in [0.29, 0.717) is 19.3 Å². The lowest BCUT2D eigenvalue weighted by molar-refractivity contribution is -0.167. The highest BCUT2D eigenvalue weighted by molar-refractivity contribution is 5.71. The van der Waals surface area contributed by atoms with E-state index >= 15 is 0 Å². The van der Waals surface area contributed by atoms with Gasteiger partial charge in [-0.25, -0.2) is 0 Å². The molecule has 0 aromatic heterocycles. The summed E-state index contributed by atoms with van der Waals surface area (Å²) in [4.78, 5) is 38.1. The van der Waals surface area contributed by atoms with Gasteiger partial charge in [0.1, 0.15) is 13.2 Å². The van der Waals surface area contributed by atoms with E-state index in [1.807, 2.05) is 0 Å². The van der Waals surface area contributed by atoms with Gasteiger partial charge in [-0.05, 0) is 109 Å². The molecule has 6 heteroatoms. The average molecular weight is 984 g/mol. The number of hydrogen-bond donors (Lipinski definition) is 0. The standard InChI is InChI=1S/C65H106O6/c1-4-7-10-13-16-19-21-23-25-27-28-29-30-31-32-33-34-35-36-38-39-41-43-46-49-52-55-58-64(67)70-61-62(60-69-63(66)57-54-51-48-45-18-15-12-9-6-3)71-65(68)59-56-53-50-47-44-42-40-37-26-24-22-20-17-14-11-8-5-2/h7-8,10-11,16-17,19-20,23-26,28-29,31-32,34-35,40,42,62H,4-6,9,12-15,18,21-22,27,30,33,36-39,41,43-61H2,1-3H3/b10-7-,11-8-,19-16-,20-17-,25-23-,26-24-,29-28-,32-31-,35-34-,42-40-. The van der Waals surface area contributed by atoms with Crippen molar-refractivity contribution in [1.29, 1.82) is 0 Å². The molecule has 0 N–H and O–H groups in total. The first kappa shape index (κ1) is 66.8. The fourth-order valence-electron chi connectivity index (χ4n) is 7.67. The van der Waals surface area contributed by atoms with Crippen molar-refractivity contribution >= 4 is 17.9 Å². The Labute approximate surface area is 437 Å². The first-order chi connectivity index (χ1) is 35.0. The summed E-state index contributed by atoms with van der Waals surface area (Å²) in [6.07, 6.45) is 80.5. The normalized spacial score (nSPS) is 13.0. The number of ether oxygens (including phenoxy) is 3. The topological polar surface area (TPSA) is 78.9 Å². The maximum absolute atomic E-state index is 12.8. The van der Waals surface area contributed by atoms with Crippen LogP contribution in [0.2, 0.25) is 0 Å². The van der Waals surface area contributed by atoms with E-state index in [1.165, 1.54) is 70.6 Å². The molecule has 0 aromatic rings. The van der Waals surface area contributed by atoms with Gasteiger partial charge in [-0.3, -0.25) is 14.4 Å². The van der Waals surface area contributed by atoms with Gasteiger partial charge >= 0.3 is 17.9 Å². The summed E-state index contributed by atoms with van der Waals surface area (Å²) in [6, 6.07) is 0. The van der Waals surface area contributed by atoms with Gasteiger partial charge in [-0.15, -0.1) is 0 Å². The smallest absolute Gasteiger partial charge is 0.306 e. The first-order valence-corrected chi connectivity index (χ1v) is 29.0. The SMILES string of the molecule is CC/C=C\C/C=C\C/C=C\C/C=C\C/C=C\C/C=C\CCCCCCCCCCC(=O)OCC(COC(=O)CCCCCCCCCCC)OC(=O)CCCCCC/C=C\C/C=C\C/C=C\C/C=C\CC. The van der Waals surface area contributed by atoms with Gasteiger partial charge in [-0.2, -0.15) is 0 Å². The second kappa shape index (κ2) is 58.4. The number of allylic oxidation sites excluding steroid dienone is 20. The van der Waals surface area contributed by atoms with Crippen LogP contribution in [0.1, 0.15) is 252 Å². The van der Waals surface area contributed by atoms with Gasteiger partial charge in [-0.1, -0.05) is 245 Å². The molecule has 1 atom stereocenters. The Hall–Kier alpha value is -4.19. The lowest BCUT2D eigenvalue weighted by Gasteiger charge is -2.18. The predicted octanol–water partition coefficient (Wildman–Crippen LogP) is 19.6. The number of hydrogen-bond acceptors (Lipinski definition) is 6. The summed E-state index contributed by atoms with van der Waals surface area (Å²) in [5.74, 6) is -0.929. The third-order valence-electron chi connectivity index (χ3n) is 12.0. The Kier molecular flexibility index (Phi) is 54.9. The third-order valence-corrected chi connectivity index (χ3v) is 12.0. The maximum atomic E-state index is 12.8. The molecule has 0 fully saturated rings. The molecule has 0 amide bonds. The Balaban J connectivity index is 4.30. The zero-order valence-electron chi connectivity index (χ0n) is 45.9. The number of carbonyl (C=O) groups excluding carboxylic acids is 3. The average Bonchev–Trinajstić information content (AvgIpc) is 3.37. The van der Waals surface area contributed by atoms with Gasteiger partial charge in [0.25, 0.3) is 0 Å². The zero-order chi connectivity index (χ0) is 51.4. The van der Waals surface area contributed by atoms with E-state index < -0.39 is 6.10 Å². The molecule has 0 aliphatic rings. The highest BCUT2D eigenvalue weighted by atomic mass is 16.6. The fraction of sp³-hybridized carbons (Fsp3) is 0.646. The zero-order valence-corrected chi connectivity index (χ0v) is 45.9. The van der Waals surface area contributed by atoms with Crippen LogP contribution in [0.3, 0.4) is 0 Å². The molecule has 0 aliphatic heterocycles. The summed E-state index contributed by atoms with van der Waals surface area (Å²) < 4.78 is 16.8. The van der Waals surface area contributed by atoms with E-state index in [9.17, 15) is 14.4 Å². The molecule has 0 radical (unpaired) electrons. The minimum absolute atomic E-state index is 0.0917. The molecular weight excluding hydrogens is 877 g/mol. The van der Waals surface area contributed by atoms with Crippen molar-refractivity contribution in [2.45, 2.75) is 258 Å². The number of carbonyl (C=O) groups is 3. The molecule has 71 heavy (non-hydrogen) atoms. The highest BCUT2D eigenvalue weighted by Crippen LogP contribution is 2.14. The Morgan fingerprint density at radius 2 is 0.549 bits per heavy atom. The molecule has 1 unspecified atom stereocenters. The minimum atomic E-state index is -0.795. The van der Waals surface area contributed by atoms with Crippen LogP contribution >= 0.6 is 0 Å². The minimum Gasteiger partial charge on any atom is -0.462 e. The second-order valence-electron chi connectivity index (χ2n) is 18.8. The van der Waals surface area contributed by atoms with Crippen LogP contribution < -0.4 is 0 Å². The third kappa shape index (κ3) is 56.6. The molecule has 0 saturated carbocycles. The van der Waals surface area contributed by atoms with Crippen molar-refractivity contribution in [3.8, 4) is 0 Å². The van der Waals surface area contributed by atoms with Crippen molar-refractivity contribution < 1.29 is 28.6 Å². The molecule has 0 aromatic carbocycles. The maximum Gasteiger partial charge on any atom is 0.306 e. The van der Waals surface area contributed by atoms with Gasteiger partial charge in [0.15, 0.2) is 6.10 Å². The summed E-state index contributed by atoms with van der Waals surface area (Å²) in [7, 11) is 0. The van der Waals surface area contributed by atoms with Crippen molar-refractivity contribution in [3.63, 3.8) is 0 Å².